The van der Waals surface area contributed by atoms with Crippen molar-refractivity contribution in [3.05, 3.63) is 35.9 Å². The maximum absolute atomic E-state index is 12.2. The minimum atomic E-state index is -1.28. The molecule has 1 aliphatic rings. The van der Waals surface area contributed by atoms with Crippen molar-refractivity contribution in [2.75, 3.05) is 0 Å². The van der Waals surface area contributed by atoms with E-state index >= 15 is 0 Å². The quantitative estimate of drug-likeness (QED) is 0.421. The summed E-state index contributed by atoms with van der Waals surface area (Å²) in [5.41, 5.74) is -0.540. The molecule has 0 amide bonds. The van der Waals surface area contributed by atoms with Gasteiger partial charge in [-0.1, -0.05) is 30.3 Å². The molecule has 0 saturated heterocycles. The zero-order valence-electron chi connectivity index (χ0n) is 8.36. The molecule has 0 spiro atoms. The van der Waals surface area contributed by atoms with Crippen LogP contribution < -0.4 is 56.5 Å². The van der Waals surface area contributed by atoms with E-state index in [-0.39, 0.29) is 57.3 Å². The van der Waals surface area contributed by atoms with Crippen molar-refractivity contribution in [2.45, 2.75) is 18.4 Å². The van der Waals surface area contributed by atoms with Crippen LogP contribution in [0.15, 0.2) is 30.3 Å². The van der Waals surface area contributed by atoms with E-state index in [0.29, 0.717) is 0 Å². The van der Waals surface area contributed by atoms with Crippen LogP contribution in [0.5, 0.6) is 0 Å². The molecule has 0 radical (unpaired) electrons. The van der Waals surface area contributed by atoms with Gasteiger partial charge >= 0.3 is 51.4 Å². The minimum Gasteiger partial charge on any atom is -0.836 e. The molecular formula is C12H11KO. The third-order valence-corrected chi connectivity index (χ3v) is 2.57. The Labute approximate surface area is 127 Å². The van der Waals surface area contributed by atoms with Crippen LogP contribution in [0.2, 0.25) is 0 Å². The zero-order valence-corrected chi connectivity index (χ0v) is 11.5. The summed E-state index contributed by atoms with van der Waals surface area (Å²) in [4.78, 5) is 0. The Balaban J connectivity index is 0.000000980. The summed E-state index contributed by atoms with van der Waals surface area (Å²) < 4.78 is 0. The second-order valence-corrected chi connectivity index (χ2v) is 3.52. The first kappa shape index (κ1) is 12.4. The van der Waals surface area contributed by atoms with Gasteiger partial charge in [-0.2, -0.15) is 0 Å². The molecule has 0 aliphatic heterocycles. The summed E-state index contributed by atoms with van der Waals surface area (Å²) in [6, 6.07) is 9.27. The van der Waals surface area contributed by atoms with E-state index in [1.165, 1.54) is 0 Å². The number of hydrogen-bond acceptors (Lipinski definition) is 1. The van der Waals surface area contributed by atoms with E-state index in [0.717, 1.165) is 18.4 Å². The Morgan fingerprint density at radius 3 is 2.29 bits per heavy atom. The van der Waals surface area contributed by atoms with Crippen LogP contribution in [-0.2, 0) is 5.60 Å². The summed E-state index contributed by atoms with van der Waals surface area (Å²) in [5.74, 6) is 2.55. The summed E-state index contributed by atoms with van der Waals surface area (Å²) in [5, 5.41) is 12.2. The number of terminal acetylenes is 1. The maximum atomic E-state index is 12.2. The minimum absolute atomic E-state index is 0. The number of rotatable bonds is 2. The Morgan fingerprint density at radius 1 is 1.29 bits per heavy atom. The molecule has 1 nitrogen and oxygen atoms in total. The molecule has 2 heteroatoms. The first-order chi connectivity index (χ1) is 6.27. The Bertz CT molecular complexity index is 337. The van der Waals surface area contributed by atoms with Crippen LogP contribution in [-0.4, -0.2) is 0 Å². The largest absolute Gasteiger partial charge is 1.00 e. The molecule has 0 N–H and O–H groups in total. The van der Waals surface area contributed by atoms with Gasteiger partial charge in [-0.05, 0) is 29.9 Å². The van der Waals surface area contributed by atoms with Gasteiger partial charge in [-0.3, -0.25) is 0 Å². The van der Waals surface area contributed by atoms with Crippen LogP contribution in [0.1, 0.15) is 18.4 Å². The first-order valence-electron chi connectivity index (χ1n) is 4.51. The van der Waals surface area contributed by atoms with Crippen molar-refractivity contribution < 1.29 is 56.5 Å². The average molecular weight is 210 g/mol. The second kappa shape index (κ2) is 4.93. The molecule has 2 rings (SSSR count). The molecule has 1 unspecified atom stereocenters. The van der Waals surface area contributed by atoms with E-state index in [2.05, 4.69) is 5.92 Å². The summed E-state index contributed by atoms with van der Waals surface area (Å²) >= 11 is 0. The van der Waals surface area contributed by atoms with Crippen molar-refractivity contribution in [1.29, 1.82) is 0 Å². The fourth-order valence-electron chi connectivity index (χ4n) is 1.61. The molecule has 1 aromatic carbocycles. The molecule has 14 heavy (non-hydrogen) atoms. The summed E-state index contributed by atoms with van der Waals surface area (Å²) in [6.07, 6.45) is 7.27. The fraction of sp³-hybridized carbons (Fsp3) is 0.333. The smallest absolute Gasteiger partial charge is 0.836 e. The topological polar surface area (TPSA) is 23.1 Å². The molecule has 0 aromatic heterocycles. The van der Waals surface area contributed by atoms with Gasteiger partial charge in [0.1, 0.15) is 0 Å². The van der Waals surface area contributed by atoms with Crippen LogP contribution >= 0.6 is 0 Å². The SMILES string of the molecule is C#CC([O-])(c1ccccc1)C1CC1.[K+]. The van der Waals surface area contributed by atoms with E-state index < -0.39 is 5.60 Å². The number of benzene rings is 1. The van der Waals surface area contributed by atoms with Gasteiger partial charge in [-0.15, -0.1) is 12.3 Å². The Hall–Kier alpha value is 0.376. The Kier molecular flexibility index (Phi) is 4.39. The monoisotopic (exact) mass is 210 g/mol. The summed E-state index contributed by atoms with van der Waals surface area (Å²) in [6.45, 7) is 0. The first-order valence-corrected chi connectivity index (χ1v) is 4.51. The number of hydrogen-bond donors (Lipinski definition) is 0. The second-order valence-electron chi connectivity index (χ2n) is 3.52. The van der Waals surface area contributed by atoms with E-state index in [9.17, 15) is 5.11 Å². The van der Waals surface area contributed by atoms with E-state index in [4.69, 9.17) is 6.42 Å². The average Bonchev–Trinajstić information content (AvgIpc) is 3.02. The Morgan fingerprint density at radius 2 is 1.86 bits per heavy atom. The fourth-order valence-corrected chi connectivity index (χ4v) is 1.61. The van der Waals surface area contributed by atoms with Crippen molar-refractivity contribution in [1.82, 2.24) is 0 Å². The van der Waals surface area contributed by atoms with Crippen molar-refractivity contribution in [2.24, 2.45) is 5.92 Å². The molecule has 1 fully saturated rings. The van der Waals surface area contributed by atoms with Crippen LogP contribution in [0.25, 0.3) is 0 Å². The van der Waals surface area contributed by atoms with Gasteiger partial charge in [0.25, 0.3) is 0 Å². The molecule has 66 valence electrons. The molecule has 0 heterocycles. The molecule has 1 aliphatic carbocycles. The van der Waals surface area contributed by atoms with E-state index in [1.807, 2.05) is 30.3 Å². The standard InChI is InChI=1S/C12H11O.K/c1-2-12(13,11-8-9-11)10-6-4-3-5-7-10;/h1,3-7,11H,8-9H2;/q-1;+1. The van der Waals surface area contributed by atoms with Crippen LogP contribution in [0.4, 0.5) is 0 Å². The van der Waals surface area contributed by atoms with Gasteiger partial charge in [0, 0.05) is 0 Å². The third kappa shape index (κ3) is 2.30. The maximum Gasteiger partial charge on any atom is 1.00 e. The molecule has 1 aromatic rings. The van der Waals surface area contributed by atoms with Crippen molar-refractivity contribution in [3.8, 4) is 12.3 Å². The normalized spacial score (nSPS) is 18.9. The van der Waals surface area contributed by atoms with Crippen molar-refractivity contribution in [3.63, 3.8) is 0 Å². The van der Waals surface area contributed by atoms with Gasteiger partial charge in [-0.25, -0.2) is 0 Å². The molecule has 0 bridgehead atoms. The molecule has 1 saturated carbocycles. The third-order valence-electron chi connectivity index (χ3n) is 2.57. The van der Waals surface area contributed by atoms with Gasteiger partial charge < -0.3 is 5.11 Å². The summed E-state index contributed by atoms with van der Waals surface area (Å²) in [7, 11) is 0. The van der Waals surface area contributed by atoms with Crippen LogP contribution in [0, 0.1) is 18.3 Å². The van der Waals surface area contributed by atoms with Crippen LogP contribution in [0.3, 0.4) is 0 Å². The van der Waals surface area contributed by atoms with Gasteiger partial charge in [0.2, 0.25) is 0 Å². The predicted molar refractivity (Wildman–Crippen MR) is 49.7 cm³/mol. The molecular weight excluding hydrogens is 199 g/mol. The van der Waals surface area contributed by atoms with E-state index in [1.54, 1.807) is 0 Å². The molecule has 1 atom stereocenters. The predicted octanol–water partition coefficient (Wildman–Crippen LogP) is -1.71. The zero-order chi connectivity index (χ0) is 9.31. The van der Waals surface area contributed by atoms with Gasteiger partial charge in [0.05, 0.1) is 0 Å². The van der Waals surface area contributed by atoms with Gasteiger partial charge in [0.15, 0.2) is 0 Å². The van der Waals surface area contributed by atoms with Crippen molar-refractivity contribution >= 4 is 0 Å².